The third kappa shape index (κ3) is 23.1. The van der Waals surface area contributed by atoms with Crippen LogP contribution in [-0.2, 0) is 14.4 Å². The largest absolute Gasteiger partial charge is 3.00 e. The predicted molar refractivity (Wildman–Crippen MR) is 81.9 cm³/mol. The van der Waals surface area contributed by atoms with E-state index in [1.807, 2.05) is 0 Å². The van der Waals surface area contributed by atoms with Gasteiger partial charge in [-0.3, -0.25) is 0 Å². The minimum Gasteiger partial charge on any atom is -0.548 e. The zero-order chi connectivity index (χ0) is 17.6. The number of halogens is 6. The molecule has 0 aliphatic heterocycles. The molecule has 0 aromatic heterocycles. The van der Waals surface area contributed by atoms with E-state index in [1.54, 1.807) is 0 Å². The second-order valence-corrected chi connectivity index (χ2v) is 5.33. The molecule has 0 spiro atoms. The summed E-state index contributed by atoms with van der Waals surface area (Å²) in [6.45, 7) is 0. The van der Waals surface area contributed by atoms with Gasteiger partial charge in [-0.1, -0.05) is 0 Å². The maximum atomic E-state index is 9.60. The van der Waals surface area contributed by atoms with Crippen LogP contribution in [0.25, 0.3) is 0 Å². The molecule has 3 unspecified atom stereocenters. The van der Waals surface area contributed by atoms with E-state index in [0.29, 0.717) is 0 Å². The van der Waals surface area contributed by atoms with Gasteiger partial charge in [0, 0.05) is 17.6 Å². The van der Waals surface area contributed by atoms with Crippen LogP contribution in [-0.4, -0.2) is 71.5 Å². The molecule has 6 nitrogen and oxygen atoms in total. The summed E-state index contributed by atoms with van der Waals surface area (Å²) >= 11 is 30.0. The molecular formula is C9H9Cl6GaO6. The second kappa shape index (κ2) is 19.8. The first-order chi connectivity index (χ1) is 9.54. The van der Waals surface area contributed by atoms with E-state index in [9.17, 15) is 29.7 Å². The molecule has 0 amide bonds. The fraction of sp³-hybridized carbons (Fsp3) is 0.667. The predicted octanol–water partition coefficient (Wildman–Crippen LogP) is -1.63. The molecule has 0 aromatic carbocycles. The van der Waals surface area contributed by atoms with Crippen molar-refractivity contribution in [3.8, 4) is 0 Å². The Morgan fingerprint density at radius 1 is 0.636 bits per heavy atom. The number of hydrogen-bond donors (Lipinski definition) is 0. The van der Waals surface area contributed by atoms with Gasteiger partial charge in [0.25, 0.3) is 0 Å². The standard InChI is InChI=1S/3C3H4Cl2O2.Ga/c3*4-1-2(5)3(6)7;/h3*2H,1H2,(H,6,7);/q;;;+3/p-3. The van der Waals surface area contributed by atoms with Gasteiger partial charge in [-0.05, 0) is 0 Å². The Balaban J connectivity index is -0.000000108. The van der Waals surface area contributed by atoms with Crippen LogP contribution in [0.3, 0.4) is 0 Å². The van der Waals surface area contributed by atoms with Crippen LogP contribution in [0.5, 0.6) is 0 Å². The first-order valence-corrected chi connectivity index (χ1v) is 7.68. The van der Waals surface area contributed by atoms with Crippen LogP contribution in [0.4, 0.5) is 0 Å². The van der Waals surface area contributed by atoms with Crippen molar-refractivity contribution in [3.63, 3.8) is 0 Å². The Labute approximate surface area is 170 Å². The van der Waals surface area contributed by atoms with E-state index >= 15 is 0 Å². The summed E-state index contributed by atoms with van der Waals surface area (Å²) in [6, 6.07) is 0. The molecule has 0 heterocycles. The van der Waals surface area contributed by atoms with Crippen LogP contribution < -0.4 is 15.3 Å². The zero-order valence-corrected chi connectivity index (χ0v) is 17.6. The van der Waals surface area contributed by atoms with E-state index in [2.05, 4.69) is 0 Å². The average molecular weight is 496 g/mol. The smallest absolute Gasteiger partial charge is 0.548 e. The monoisotopic (exact) mass is 492 g/mol. The van der Waals surface area contributed by atoms with Crippen LogP contribution in [0.1, 0.15) is 0 Å². The maximum Gasteiger partial charge on any atom is 3.00 e. The van der Waals surface area contributed by atoms with Gasteiger partial charge in [0.05, 0.1) is 34.0 Å². The Bertz CT molecular complexity index is 273. The molecule has 0 rings (SSSR count). The van der Waals surface area contributed by atoms with Crippen molar-refractivity contribution in [2.24, 2.45) is 0 Å². The summed E-state index contributed by atoms with van der Waals surface area (Å²) in [7, 11) is 0. The molecular weight excluding hydrogens is 487 g/mol. The van der Waals surface area contributed by atoms with Crippen molar-refractivity contribution in [1.29, 1.82) is 0 Å². The van der Waals surface area contributed by atoms with E-state index in [-0.39, 0.29) is 37.4 Å². The van der Waals surface area contributed by atoms with Crippen molar-refractivity contribution >= 4 is 107 Å². The molecule has 0 bridgehead atoms. The van der Waals surface area contributed by atoms with Gasteiger partial charge in [-0.15, -0.1) is 69.6 Å². The first kappa shape index (κ1) is 30.6. The molecule has 13 heteroatoms. The molecule has 0 fully saturated rings. The van der Waals surface area contributed by atoms with Crippen molar-refractivity contribution < 1.29 is 29.7 Å². The Hall–Kier alpha value is 0.786. The Morgan fingerprint density at radius 2 is 0.773 bits per heavy atom. The van der Waals surface area contributed by atoms with Gasteiger partial charge >= 0.3 is 19.8 Å². The molecule has 3 atom stereocenters. The summed E-state index contributed by atoms with van der Waals surface area (Å²) < 4.78 is 0. The van der Waals surface area contributed by atoms with E-state index in [4.69, 9.17) is 69.6 Å². The van der Waals surface area contributed by atoms with E-state index in [0.717, 1.165) is 0 Å². The third-order valence-electron chi connectivity index (χ3n) is 1.17. The summed E-state index contributed by atoms with van der Waals surface area (Å²) in [5.41, 5.74) is 0. The van der Waals surface area contributed by atoms with Gasteiger partial charge in [-0.25, -0.2) is 0 Å². The summed E-state index contributed by atoms with van der Waals surface area (Å²) in [6.07, 6.45) is 0. The summed E-state index contributed by atoms with van der Waals surface area (Å²) in [4.78, 5) is 28.8. The summed E-state index contributed by atoms with van der Waals surface area (Å²) in [5.74, 6) is -4.29. The normalized spacial score (nSPS) is 12.8. The Morgan fingerprint density at radius 3 is 0.773 bits per heavy atom. The SMILES string of the molecule is O=C([O-])C(Cl)CCl.O=C([O-])C(Cl)CCl.O=C([O-])C(Cl)CCl.[Ga+3]. The van der Waals surface area contributed by atoms with E-state index in [1.165, 1.54) is 0 Å². The van der Waals surface area contributed by atoms with Gasteiger partial charge < -0.3 is 29.7 Å². The number of carbonyl (C=O) groups is 3. The molecule has 0 aromatic rings. The molecule has 0 N–H and O–H groups in total. The number of carboxylic acid groups (broad SMARTS) is 3. The zero-order valence-electron chi connectivity index (χ0n) is 10.6. The molecule has 0 saturated carbocycles. The number of carbonyl (C=O) groups excluding carboxylic acids is 3. The van der Waals surface area contributed by atoms with E-state index < -0.39 is 34.0 Å². The number of alkyl halides is 6. The van der Waals surface area contributed by atoms with Crippen molar-refractivity contribution in [1.82, 2.24) is 0 Å². The van der Waals surface area contributed by atoms with Gasteiger partial charge in [0.1, 0.15) is 0 Å². The second-order valence-electron chi connectivity index (χ2n) is 2.82. The number of carboxylic acids is 3. The number of aliphatic carboxylic acids is 3. The molecule has 0 saturated heterocycles. The average Bonchev–Trinajstić information content (AvgIpc) is 2.45. The van der Waals surface area contributed by atoms with Gasteiger partial charge in [-0.2, -0.15) is 0 Å². The van der Waals surface area contributed by atoms with Crippen LogP contribution in [0.2, 0.25) is 0 Å². The molecule has 22 heavy (non-hydrogen) atoms. The molecule has 126 valence electrons. The van der Waals surface area contributed by atoms with Crippen LogP contribution in [0.15, 0.2) is 0 Å². The van der Waals surface area contributed by atoms with Gasteiger partial charge in [0.15, 0.2) is 0 Å². The molecule has 0 aliphatic rings. The van der Waals surface area contributed by atoms with Crippen molar-refractivity contribution in [2.75, 3.05) is 17.6 Å². The minimum absolute atomic E-state index is 0. The third-order valence-corrected chi connectivity index (χ3v) is 3.57. The fourth-order valence-corrected chi connectivity index (χ4v) is 0.567. The molecule has 0 aliphatic carbocycles. The quantitative estimate of drug-likeness (QED) is 0.322. The topological polar surface area (TPSA) is 120 Å². The minimum atomic E-state index is -1.32. The maximum absolute atomic E-state index is 9.60. The van der Waals surface area contributed by atoms with Crippen molar-refractivity contribution in [3.05, 3.63) is 0 Å². The summed E-state index contributed by atoms with van der Waals surface area (Å²) in [5, 5.41) is 25.6. The Kier molecular flexibility index (Phi) is 27.6. The van der Waals surface area contributed by atoms with Gasteiger partial charge in [0.2, 0.25) is 0 Å². The molecule has 0 radical (unpaired) electrons. The van der Waals surface area contributed by atoms with Crippen LogP contribution >= 0.6 is 69.6 Å². The fourth-order valence-electron chi connectivity index (χ4n) is 0.189. The number of hydrogen-bond acceptors (Lipinski definition) is 6. The first-order valence-electron chi connectivity index (χ1n) is 4.77. The number of rotatable bonds is 6. The van der Waals surface area contributed by atoms with Crippen LogP contribution in [0, 0.1) is 0 Å². The van der Waals surface area contributed by atoms with Crippen molar-refractivity contribution in [2.45, 2.75) is 16.1 Å².